The van der Waals surface area contributed by atoms with Crippen LogP contribution in [0.15, 0.2) is 29.2 Å². The summed E-state index contributed by atoms with van der Waals surface area (Å²) in [7, 11) is -2.25. The number of aliphatic hydroxyl groups excluding tert-OH is 1. The van der Waals surface area contributed by atoms with E-state index < -0.39 is 22.1 Å². The number of rotatable bonds is 7. The quantitative estimate of drug-likeness (QED) is 0.641. The maximum atomic E-state index is 11.8. The van der Waals surface area contributed by atoms with Crippen LogP contribution in [0.25, 0.3) is 0 Å². The summed E-state index contributed by atoms with van der Waals surface area (Å²) in [6.45, 7) is -0.165. The molecule has 106 valence electrons. The van der Waals surface area contributed by atoms with Crippen LogP contribution in [0.4, 0.5) is 0 Å². The second-order valence-corrected chi connectivity index (χ2v) is 5.48. The number of carboxylic acids is 1. The topological polar surface area (TPSA) is 113 Å². The molecule has 0 aromatic heterocycles. The number of carbonyl (C=O) groups is 1. The van der Waals surface area contributed by atoms with Crippen molar-refractivity contribution in [3.05, 3.63) is 24.3 Å². The van der Waals surface area contributed by atoms with Crippen LogP contribution in [0.3, 0.4) is 0 Å². The fourth-order valence-electron chi connectivity index (χ4n) is 1.29. The maximum Gasteiger partial charge on any atom is 0.332 e. The Labute approximate surface area is 110 Å². The summed E-state index contributed by atoms with van der Waals surface area (Å²) >= 11 is 0. The maximum absolute atomic E-state index is 11.8. The lowest BCUT2D eigenvalue weighted by Crippen LogP contribution is -2.30. The standard InChI is InChI=1S/C11H15NO6S/c1-18-8-2-4-9(5-3-8)19(16,17)12-7-6-10(13)11(14)15/h2-5,10,12-13H,6-7H2,1H3,(H,14,15). The van der Waals surface area contributed by atoms with Crippen molar-refractivity contribution in [3.63, 3.8) is 0 Å². The second-order valence-electron chi connectivity index (χ2n) is 3.72. The van der Waals surface area contributed by atoms with Gasteiger partial charge in [0.25, 0.3) is 0 Å². The Kier molecular flexibility index (Phi) is 5.28. The van der Waals surface area contributed by atoms with Gasteiger partial charge in [-0.15, -0.1) is 0 Å². The second kappa shape index (κ2) is 6.50. The lowest BCUT2D eigenvalue weighted by molar-refractivity contribution is -0.146. The highest BCUT2D eigenvalue weighted by Crippen LogP contribution is 2.15. The summed E-state index contributed by atoms with van der Waals surface area (Å²) in [5, 5.41) is 17.5. The molecule has 8 heteroatoms. The third-order valence-electron chi connectivity index (χ3n) is 2.36. The molecule has 0 amide bonds. The van der Waals surface area contributed by atoms with Gasteiger partial charge in [-0.1, -0.05) is 0 Å². The van der Waals surface area contributed by atoms with Crippen LogP contribution in [0.1, 0.15) is 6.42 Å². The average Bonchev–Trinajstić information content (AvgIpc) is 2.38. The zero-order valence-electron chi connectivity index (χ0n) is 10.2. The highest BCUT2D eigenvalue weighted by atomic mass is 32.2. The Morgan fingerprint density at radius 2 is 1.95 bits per heavy atom. The molecule has 0 fully saturated rings. The molecule has 0 aliphatic heterocycles. The lowest BCUT2D eigenvalue weighted by Gasteiger charge is -2.08. The number of nitrogens with one attached hydrogen (secondary N) is 1. The van der Waals surface area contributed by atoms with Crippen LogP contribution >= 0.6 is 0 Å². The van der Waals surface area contributed by atoms with E-state index in [1.54, 1.807) is 0 Å². The minimum absolute atomic E-state index is 0.0399. The predicted octanol–water partition coefficient (Wildman–Crippen LogP) is -0.191. The fourth-order valence-corrected chi connectivity index (χ4v) is 2.34. The zero-order chi connectivity index (χ0) is 14.5. The minimum Gasteiger partial charge on any atom is -0.497 e. The van der Waals surface area contributed by atoms with E-state index in [0.717, 1.165) is 0 Å². The van der Waals surface area contributed by atoms with Gasteiger partial charge >= 0.3 is 5.97 Å². The van der Waals surface area contributed by atoms with Gasteiger partial charge in [0, 0.05) is 6.54 Å². The van der Waals surface area contributed by atoms with Gasteiger partial charge in [0.15, 0.2) is 6.10 Å². The van der Waals surface area contributed by atoms with Gasteiger partial charge in [-0.05, 0) is 30.7 Å². The lowest BCUT2D eigenvalue weighted by atomic mass is 10.3. The number of hydrogen-bond acceptors (Lipinski definition) is 5. The SMILES string of the molecule is COc1ccc(S(=O)(=O)NCCC(O)C(=O)O)cc1. The van der Waals surface area contributed by atoms with Gasteiger partial charge in [0.05, 0.1) is 12.0 Å². The molecule has 0 aliphatic rings. The largest absolute Gasteiger partial charge is 0.497 e. The summed E-state index contributed by atoms with van der Waals surface area (Å²) in [6.07, 6.45) is -1.79. The highest BCUT2D eigenvalue weighted by Gasteiger charge is 2.17. The third kappa shape index (κ3) is 4.51. The Morgan fingerprint density at radius 1 is 1.37 bits per heavy atom. The van der Waals surface area contributed by atoms with Crippen molar-refractivity contribution < 1.29 is 28.2 Å². The minimum atomic E-state index is -3.72. The van der Waals surface area contributed by atoms with Gasteiger partial charge in [0.1, 0.15) is 5.75 Å². The van der Waals surface area contributed by atoms with Crippen molar-refractivity contribution in [1.82, 2.24) is 4.72 Å². The van der Waals surface area contributed by atoms with Crippen LogP contribution in [0.2, 0.25) is 0 Å². The van der Waals surface area contributed by atoms with E-state index in [0.29, 0.717) is 5.75 Å². The number of hydrogen-bond donors (Lipinski definition) is 3. The number of benzene rings is 1. The first-order valence-corrected chi connectivity index (χ1v) is 6.89. The van der Waals surface area contributed by atoms with Crippen molar-refractivity contribution >= 4 is 16.0 Å². The summed E-state index contributed by atoms with van der Waals surface area (Å²) in [6, 6.07) is 5.74. The molecule has 0 bridgehead atoms. The number of methoxy groups -OCH3 is 1. The Bertz CT molecular complexity index is 525. The number of sulfonamides is 1. The van der Waals surface area contributed by atoms with Crippen molar-refractivity contribution in [2.75, 3.05) is 13.7 Å². The molecule has 1 unspecified atom stereocenters. The molecule has 1 rings (SSSR count). The van der Waals surface area contributed by atoms with E-state index in [4.69, 9.17) is 14.9 Å². The van der Waals surface area contributed by atoms with Crippen LogP contribution in [-0.4, -0.2) is 44.4 Å². The fraction of sp³-hybridized carbons (Fsp3) is 0.364. The van der Waals surface area contributed by atoms with Crippen LogP contribution in [-0.2, 0) is 14.8 Å². The van der Waals surface area contributed by atoms with E-state index in [-0.39, 0.29) is 17.9 Å². The van der Waals surface area contributed by atoms with Crippen molar-refractivity contribution in [2.24, 2.45) is 0 Å². The molecular weight excluding hydrogens is 274 g/mol. The molecule has 19 heavy (non-hydrogen) atoms. The van der Waals surface area contributed by atoms with E-state index >= 15 is 0 Å². The van der Waals surface area contributed by atoms with Gasteiger partial charge in [-0.25, -0.2) is 17.9 Å². The molecule has 0 heterocycles. The van der Waals surface area contributed by atoms with E-state index in [9.17, 15) is 13.2 Å². The summed E-state index contributed by atoms with van der Waals surface area (Å²) in [5.41, 5.74) is 0. The molecule has 0 spiro atoms. The highest BCUT2D eigenvalue weighted by molar-refractivity contribution is 7.89. The Morgan fingerprint density at radius 3 is 2.42 bits per heavy atom. The molecule has 1 aromatic rings. The smallest absolute Gasteiger partial charge is 0.332 e. The molecular formula is C11H15NO6S. The average molecular weight is 289 g/mol. The van der Waals surface area contributed by atoms with Crippen molar-refractivity contribution in [2.45, 2.75) is 17.4 Å². The molecule has 1 aromatic carbocycles. The first-order valence-electron chi connectivity index (χ1n) is 5.41. The van der Waals surface area contributed by atoms with E-state index in [1.807, 2.05) is 0 Å². The summed E-state index contributed by atoms with van der Waals surface area (Å²) in [4.78, 5) is 10.4. The van der Waals surface area contributed by atoms with Gasteiger partial charge < -0.3 is 14.9 Å². The van der Waals surface area contributed by atoms with E-state index in [2.05, 4.69) is 4.72 Å². The molecule has 0 aliphatic carbocycles. The van der Waals surface area contributed by atoms with E-state index in [1.165, 1.54) is 31.4 Å². The first kappa shape index (κ1) is 15.4. The number of aliphatic hydroxyl groups is 1. The monoisotopic (exact) mass is 289 g/mol. The molecule has 0 radical (unpaired) electrons. The first-order chi connectivity index (χ1) is 8.86. The van der Waals surface area contributed by atoms with Gasteiger partial charge in [-0.2, -0.15) is 0 Å². The molecule has 3 N–H and O–H groups in total. The number of carboxylic acid groups (broad SMARTS) is 1. The van der Waals surface area contributed by atoms with Crippen LogP contribution < -0.4 is 9.46 Å². The van der Waals surface area contributed by atoms with Crippen molar-refractivity contribution in [3.8, 4) is 5.75 Å². The van der Waals surface area contributed by atoms with Gasteiger partial charge in [-0.3, -0.25) is 0 Å². The van der Waals surface area contributed by atoms with Gasteiger partial charge in [0.2, 0.25) is 10.0 Å². The Hall–Kier alpha value is -1.64. The summed E-state index contributed by atoms with van der Waals surface area (Å²) < 4.78 is 30.7. The van der Waals surface area contributed by atoms with Crippen LogP contribution in [0, 0.1) is 0 Å². The van der Waals surface area contributed by atoms with Crippen LogP contribution in [0.5, 0.6) is 5.75 Å². The zero-order valence-corrected chi connectivity index (χ0v) is 11.1. The predicted molar refractivity (Wildman–Crippen MR) is 66.4 cm³/mol. The number of ether oxygens (including phenoxy) is 1. The molecule has 0 saturated heterocycles. The molecule has 1 atom stereocenters. The number of aliphatic carboxylic acids is 1. The summed E-state index contributed by atoms with van der Waals surface area (Å²) in [5.74, 6) is -0.858. The molecule has 0 saturated carbocycles. The third-order valence-corrected chi connectivity index (χ3v) is 3.84. The normalized spacial score (nSPS) is 12.9. The molecule has 7 nitrogen and oxygen atoms in total. The van der Waals surface area contributed by atoms with Crippen molar-refractivity contribution in [1.29, 1.82) is 0 Å². The Balaban J connectivity index is 2.62.